The molecular weight excluding hydrogens is 320 g/mol. The summed E-state index contributed by atoms with van der Waals surface area (Å²) in [4.78, 5) is 42.4. The van der Waals surface area contributed by atoms with Crippen LogP contribution in [0.5, 0.6) is 0 Å². The number of aromatic nitrogens is 3. The lowest BCUT2D eigenvalue weighted by molar-refractivity contribution is -0.145. The number of nitrogens with one attached hydrogen (secondary N) is 1. The van der Waals surface area contributed by atoms with Crippen LogP contribution in [0.15, 0.2) is 17.1 Å². The summed E-state index contributed by atoms with van der Waals surface area (Å²) in [5.74, 6) is -1.84. The predicted octanol–water partition coefficient (Wildman–Crippen LogP) is -2.46. The first kappa shape index (κ1) is 17.4. The van der Waals surface area contributed by atoms with Gasteiger partial charge < -0.3 is 31.1 Å². The van der Waals surface area contributed by atoms with Gasteiger partial charge in [0.05, 0.1) is 12.0 Å². The number of hydrogen-bond donors (Lipinski definition) is 5. The molecule has 0 aliphatic carbocycles. The number of anilines is 1. The summed E-state index contributed by atoms with van der Waals surface area (Å²) in [7, 11) is 0. The molecule has 2 heterocycles. The minimum absolute atomic E-state index is 0.0930. The highest BCUT2D eigenvalue weighted by molar-refractivity contribution is 5.83. The number of H-pyrrole nitrogens is 1. The second-order valence-corrected chi connectivity index (χ2v) is 5.24. The van der Waals surface area contributed by atoms with E-state index >= 15 is 0 Å². The highest BCUT2D eigenvalue weighted by atomic mass is 16.4. The van der Waals surface area contributed by atoms with E-state index in [1.54, 1.807) is 0 Å². The Balaban J connectivity index is 2.26. The van der Waals surface area contributed by atoms with Gasteiger partial charge in [-0.15, -0.1) is 0 Å². The number of aliphatic carboxylic acids is 1. The highest BCUT2D eigenvalue weighted by Crippen LogP contribution is 2.10. The fourth-order valence-corrected chi connectivity index (χ4v) is 2.22. The molecule has 0 radical (unpaired) electrons. The summed E-state index contributed by atoms with van der Waals surface area (Å²) in [6, 6.07) is 0.723. The molecule has 0 aliphatic rings. The Morgan fingerprint density at radius 3 is 2.79 bits per heavy atom. The molecule has 11 heteroatoms. The molecule has 7 N–H and O–H groups in total. The number of nitrogen functional groups attached to an aromatic ring is 1. The van der Waals surface area contributed by atoms with Crippen LogP contribution in [0, 0.1) is 0 Å². The van der Waals surface area contributed by atoms with Crippen LogP contribution in [0.1, 0.15) is 0 Å². The number of carbonyl (C=O) groups excluding carboxylic acids is 1. The summed E-state index contributed by atoms with van der Waals surface area (Å²) in [6.45, 7) is -1.30. The van der Waals surface area contributed by atoms with E-state index in [4.69, 9.17) is 21.7 Å². The Hall–Kier alpha value is -2.92. The molecule has 11 nitrogen and oxygen atoms in total. The number of hydrogen-bond acceptors (Lipinski definition) is 7. The summed E-state index contributed by atoms with van der Waals surface area (Å²) >= 11 is 0. The molecule has 0 saturated heterocycles. The number of aliphatic hydroxyl groups is 1. The van der Waals surface area contributed by atoms with Crippen LogP contribution in [-0.4, -0.2) is 67.3 Å². The van der Waals surface area contributed by atoms with Crippen LogP contribution >= 0.6 is 0 Å². The van der Waals surface area contributed by atoms with Crippen molar-refractivity contribution in [3.8, 4) is 0 Å². The van der Waals surface area contributed by atoms with Crippen molar-refractivity contribution in [2.75, 3.05) is 25.4 Å². The van der Waals surface area contributed by atoms with E-state index in [0.29, 0.717) is 0 Å². The fourth-order valence-electron chi connectivity index (χ4n) is 2.22. The Labute approximate surface area is 135 Å². The third kappa shape index (κ3) is 3.88. The minimum Gasteiger partial charge on any atom is -0.480 e. The molecule has 1 amide bonds. The van der Waals surface area contributed by atoms with E-state index in [1.165, 1.54) is 16.8 Å². The van der Waals surface area contributed by atoms with Crippen molar-refractivity contribution in [3.63, 3.8) is 0 Å². The first-order valence-corrected chi connectivity index (χ1v) is 7.02. The summed E-state index contributed by atoms with van der Waals surface area (Å²) in [6.07, 6.45) is 1.48. The van der Waals surface area contributed by atoms with Gasteiger partial charge in [0.25, 0.3) is 5.56 Å². The first-order chi connectivity index (χ1) is 11.3. The number of carboxylic acids is 1. The maximum absolute atomic E-state index is 12.4. The number of rotatable bonds is 7. The number of aliphatic hydroxyl groups excluding tert-OH is 1. The van der Waals surface area contributed by atoms with Crippen molar-refractivity contribution >= 4 is 28.9 Å². The summed E-state index contributed by atoms with van der Waals surface area (Å²) < 4.78 is 1.39. The van der Waals surface area contributed by atoms with E-state index in [9.17, 15) is 14.4 Å². The van der Waals surface area contributed by atoms with Gasteiger partial charge in [-0.3, -0.25) is 19.4 Å². The lowest BCUT2D eigenvalue weighted by Gasteiger charge is -2.23. The molecule has 2 rings (SSSR count). The van der Waals surface area contributed by atoms with Gasteiger partial charge in [0.2, 0.25) is 11.9 Å². The molecule has 1 unspecified atom stereocenters. The van der Waals surface area contributed by atoms with Crippen LogP contribution < -0.4 is 17.0 Å². The standard InChI is InChI=1S/C13H18N6O5/c14-7(6-20)3-19(5-10(22)23)9(21)4-18-2-1-8-11(18)16-13(15)17-12(8)24/h1-2,7,20H,3-6,14H2,(H,22,23)(H3,15,16,17,24). The van der Waals surface area contributed by atoms with Crippen LogP contribution in [0.25, 0.3) is 11.0 Å². The van der Waals surface area contributed by atoms with E-state index in [2.05, 4.69) is 9.97 Å². The molecule has 24 heavy (non-hydrogen) atoms. The lowest BCUT2D eigenvalue weighted by Crippen LogP contribution is -2.46. The quantitative estimate of drug-likeness (QED) is 0.368. The highest BCUT2D eigenvalue weighted by Gasteiger charge is 2.20. The van der Waals surface area contributed by atoms with Gasteiger partial charge in [-0.25, -0.2) is 0 Å². The van der Waals surface area contributed by atoms with Crippen molar-refractivity contribution in [2.45, 2.75) is 12.6 Å². The van der Waals surface area contributed by atoms with E-state index < -0.39 is 30.0 Å². The van der Waals surface area contributed by atoms with Gasteiger partial charge in [0, 0.05) is 18.8 Å². The fraction of sp³-hybridized carbons (Fsp3) is 0.385. The molecule has 0 spiro atoms. The smallest absolute Gasteiger partial charge is 0.323 e. The molecule has 0 saturated carbocycles. The number of amides is 1. The molecule has 0 aliphatic heterocycles. The van der Waals surface area contributed by atoms with Crippen LogP contribution in [0.3, 0.4) is 0 Å². The molecule has 2 aromatic heterocycles. The molecule has 1 atom stereocenters. The van der Waals surface area contributed by atoms with Crippen molar-refractivity contribution in [1.82, 2.24) is 19.4 Å². The second-order valence-electron chi connectivity index (χ2n) is 5.24. The maximum Gasteiger partial charge on any atom is 0.323 e. The zero-order valence-electron chi connectivity index (χ0n) is 12.7. The van der Waals surface area contributed by atoms with E-state index in [0.717, 1.165) is 4.90 Å². The van der Waals surface area contributed by atoms with Crippen molar-refractivity contribution < 1.29 is 19.8 Å². The van der Waals surface area contributed by atoms with Gasteiger partial charge in [-0.1, -0.05) is 0 Å². The number of nitrogens with zero attached hydrogens (tertiary/aromatic N) is 3. The molecular formula is C13H18N6O5. The number of aromatic amines is 1. The monoisotopic (exact) mass is 338 g/mol. The van der Waals surface area contributed by atoms with E-state index in [1.807, 2.05) is 0 Å². The van der Waals surface area contributed by atoms with Gasteiger partial charge >= 0.3 is 5.97 Å². The number of fused-ring (bicyclic) bond motifs is 1. The average Bonchev–Trinajstić information content (AvgIpc) is 2.89. The van der Waals surface area contributed by atoms with Crippen molar-refractivity contribution in [1.29, 1.82) is 0 Å². The summed E-state index contributed by atoms with van der Waals surface area (Å²) in [5.41, 5.74) is 10.8. The predicted molar refractivity (Wildman–Crippen MR) is 84.0 cm³/mol. The first-order valence-electron chi connectivity index (χ1n) is 7.02. The van der Waals surface area contributed by atoms with E-state index in [-0.39, 0.29) is 36.7 Å². The minimum atomic E-state index is -1.20. The van der Waals surface area contributed by atoms with Gasteiger partial charge in [-0.2, -0.15) is 4.98 Å². The zero-order valence-corrected chi connectivity index (χ0v) is 12.7. The Kier molecular flexibility index (Phi) is 5.16. The van der Waals surface area contributed by atoms with Crippen LogP contribution in [0.2, 0.25) is 0 Å². The van der Waals surface area contributed by atoms with Crippen LogP contribution in [0.4, 0.5) is 5.95 Å². The molecule has 2 aromatic rings. The summed E-state index contributed by atoms with van der Waals surface area (Å²) in [5, 5.41) is 18.1. The largest absolute Gasteiger partial charge is 0.480 e. The maximum atomic E-state index is 12.4. The van der Waals surface area contributed by atoms with Gasteiger partial charge in [0.1, 0.15) is 18.7 Å². The second kappa shape index (κ2) is 7.10. The number of carboxylic acid groups (broad SMARTS) is 1. The van der Waals surface area contributed by atoms with Crippen molar-refractivity contribution in [3.05, 3.63) is 22.6 Å². The number of nitrogens with two attached hydrogens (primary N) is 2. The number of carbonyl (C=O) groups is 2. The van der Waals surface area contributed by atoms with Gasteiger partial charge in [-0.05, 0) is 6.07 Å². The Morgan fingerprint density at radius 2 is 2.17 bits per heavy atom. The molecule has 0 bridgehead atoms. The SMILES string of the molecule is Nc1nc2c(ccn2CC(=O)N(CC(=O)O)CC(N)CO)c(=O)[nH]1. The van der Waals surface area contributed by atoms with Crippen LogP contribution in [-0.2, 0) is 16.1 Å². The molecule has 0 aromatic carbocycles. The molecule has 0 fully saturated rings. The Morgan fingerprint density at radius 1 is 1.46 bits per heavy atom. The topological polar surface area (TPSA) is 181 Å². The Bertz CT molecular complexity index is 813. The zero-order chi connectivity index (χ0) is 17.9. The van der Waals surface area contributed by atoms with Crippen molar-refractivity contribution in [2.24, 2.45) is 5.73 Å². The van der Waals surface area contributed by atoms with Gasteiger partial charge in [0.15, 0.2) is 0 Å². The third-order valence-corrected chi connectivity index (χ3v) is 3.32. The normalized spacial score (nSPS) is 12.2. The lowest BCUT2D eigenvalue weighted by atomic mass is 10.3. The molecule has 130 valence electrons. The third-order valence-electron chi connectivity index (χ3n) is 3.32. The average molecular weight is 338 g/mol.